The Bertz CT molecular complexity index is 203. The predicted molar refractivity (Wildman–Crippen MR) is 71.8 cm³/mol. The Labute approximate surface area is 106 Å². The molecule has 0 aromatic rings. The Hall–Kier alpha value is -0.280. The lowest BCUT2D eigenvalue weighted by molar-refractivity contribution is -0.130. The molecule has 0 fully saturated rings. The van der Waals surface area contributed by atoms with E-state index >= 15 is 0 Å². The monoisotopic (exact) mass is 250 g/mol. The first-order chi connectivity index (χ1) is 6.75. The van der Waals surface area contributed by atoms with E-state index in [4.69, 9.17) is 5.73 Å². The Morgan fingerprint density at radius 3 is 2.19 bits per heavy atom. The Morgan fingerprint density at radius 1 is 1.31 bits per heavy atom. The van der Waals surface area contributed by atoms with Crippen LogP contribution in [0.2, 0.25) is 0 Å². The summed E-state index contributed by atoms with van der Waals surface area (Å²) >= 11 is 0. The molecule has 0 saturated carbocycles. The van der Waals surface area contributed by atoms with Gasteiger partial charge in [-0.25, -0.2) is 0 Å². The number of amides is 1. The highest BCUT2D eigenvalue weighted by molar-refractivity contribution is 5.85. The van der Waals surface area contributed by atoms with Crippen molar-refractivity contribution in [3.8, 4) is 0 Å². The standard InChI is InChI=1S/C12H26N2O.ClH/c1-9(2)8-12(4,5)11(15)14-7-6-10(3)13;/h9-10H,6-8,13H2,1-5H3,(H,14,15);1H. The summed E-state index contributed by atoms with van der Waals surface area (Å²) in [7, 11) is 0. The summed E-state index contributed by atoms with van der Waals surface area (Å²) in [6.45, 7) is 10.9. The summed E-state index contributed by atoms with van der Waals surface area (Å²) in [5.41, 5.74) is 5.35. The second-order valence-corrected chi connectivity index (χ2v) is 5.50. The Morgan fingerprint density at radius 2 is 1.81 bits per heavy atom. The highest BCUT2D eigenvalue weighted by atomic mass is 35.5. The molecule has 1 unspecified atom stereocenters. The fourth-order valence-corrected chi connectivity index (χ4v) is 1.77. The maximum Gasteiger partial charge on any atom is 0.225 e. The van der Waals surface area contributed by atoms with Crippen LogP contribution in [0.1, 0.15) is 47.5 Å². The van der Waals surface area contributed by atoms with Crippen LogP contribution in [0.15, 0.2) is 0 Å². The van der Waals surface area contributed by atoms with E-state index in [-0.39, 0.29) is 29.8 Å². The van der Waals surface area contributed by atoms with Crippen LogP contribution in [0.5, 0.6) is 0 Å². The van der Waals surface area contributed by atoms with Crippen LogP contribution in [-0.4, -0.2) is 18.5 Å². The molecule has 1 amide bonds. The average Bonchev–Trinajstić information content (AvgIpc) is 2.00. The van der Waals surface area contributed by atoms with Crippen molar-refractivity contribution < 1.29 is 4.79 Å². The molecule has 0 aliphatic rings. The molecule has 16 heavy (non-hydrogen) atoms. The van der Waals surface area contributed by atoms with Gasteiger partial charge < -0.3 is 11.1 Å². The largest absolute Gasteiger partial charge is 0.356 e. The van der Waals surface area contributed by atoms with E-state index in [1.807, 2.05) is 20.8 Å². The molecule has 3 nitrogen and oxygen atoms in total. The van der Waals surface area contributed by atoms with Crippen LogP contribution >= 0.6 is 12.4 Å². The van der Waals surface area contributed by atoms with Gasteiger partial charge in [0.1, 0.15) is 0 Å². The molecule has 0 heterocycles. The van der Waals surface area contributed by atoms with Gasteiger partial charge in [-0.1, -0.05) is 27.7 Å². The number of nitrogens with two attached hydrogens (primary N) is 1. The molecule has 0 aliphatic heterocycles. The summed E-state index contributed by atoms with van der Waals surface area (Å²) in [5, 5.41) is 2.94. The molecule has 0 aliphatic carbocycles. The second kappa shape index (κ2) is 7.91. The van der Waals surface area contributed by atoms with Crippen LogP contribution in [0, 0.1) is 11.3 Å². The average molecular weight is 251 g/mol. The van der Waals surface area contributed by atoms with Crippen molar-refractivity contribution in [1.82, 2.24) is 5.32 Å². The number of carbonyl (C=O) groups excluding carboxylic acids is 1. The lowest BCUT2D eigenvalue weighted by Gasteiger charge is -2.25. The van der Waals surface area contributed by atoms with Crippen LogP contribution in [0.4, 0.5) is 0 Å². The van der Waals surface area contributed by atoms with Gasteiger partial charge >= 0.3 is 0 Å². The zero-order valence-electron chi connectivity index (χ0n) is 11.2. The minimum atomic E-state index is -0.272. The van der Waals surface area contributed by atoms with Crippen molar-refractivity contribution in [3.63, 3.8) is 0 Å². The number of carbonyl (C=O) groups is 1. The first-order valence-electron chi connectivity index (χ1n) is 5.79. The van der Waals surface area contributed by atoms with E-state index in [1.54, 1.807) is 0 Å². The Kier molecular flexibility index (Phi) is 8.94. The highest BCUT2D eigenvalue weighted by Gasteiger charge is 2.27. The first kappa shape index (κ1) is 18.1. The quantitative estimate of drug-likeness (QED) is 0.760. The molecular weight excluding hydrogens is 224 g/mol. The van der Waals surface area contributed by atoms with E-state index in [1.165, 1.54) is 0 Å². The minimum Gasteiger partial charge on any atom is -0.356 e. The smallest absolute Gasteiger partial charge is 0.225 e. The molecule has 0 spiro atoms. The zero-order chi connectivity index (χ0) is 12.1. The molecular formula is C12H27ClN2O. The summed E-state index contributed by atoms with van der Waals surface area (Å²) in [4.78, 5) is 11.8. The van der Waals surface area contributed by atoms with Gasteiger partial charge in [0.15, 0.2) is 0 Å². The van der Waals surface area contributed by atoms with Crippen molar-refractivity contribution in [1.29, 1.82) is 0 Å². The van der Waals surface area contributed by atoms with E-state index in [9.17, 15) is 4.79 Å². The predicted octanol–water partition coefficient (Wildman–Crippen LogP) is 2.33. The second-order valence-electron chi connectivity index (χ2n) is 5.50. The lowest BCUT2D eigenvalue weighted by atomic mass is 9.83. The van der Waals surface area contributed by atoms with Gasteiger partial charge in [0.2, 0.25) is 5.91 Å². The maximum absolute atomic E-state index is 11.8. The van der Waals surface area contributed by atoms with E-state index in [0.717, 1.165) is 12.8 Å². The van der Waals surface area contributed by atoms with Crippen molar-refractivity contribution >= 4 is 18.3 Å². The molecule has 1 atom stereocenters. The van der Waals surface area contributed by atoms with Gasteiger partial charge in [0.05, 0.1) is 0 Å². The van der Waals surface area contributed by atoms with Crippen molar-refractivity contribution in [2.45, 2.75) is 53.5 Å². The topological polar surface area (TPSA) is 55.1 Å². The van der Waals surface area contributed by atoms with Crippen LogP contribution in [0.25, 0.3) is 0 Å². The van der Waals surface area contributed by atoms with Crippen LogP contribution < -0.4 is 11.1 Å². The molecule has 0 bridgehead atoms. The molecule has 4 heteroatoms. The SMILES string of the molecule is CC(C)CC(C)(C)C(=O)NCCC(C)N.Cl. The molecule has 98 valence electrons. The molecule has 3 N–H and O–H groups in total. The van der Waals surface area contributed by atoms with Gasteiger partial charge in [0.25, 0.3) is 0 Å². The lowest BCUT2D eigenvalue weighted by Crippen LogP contribution is -2.39. The third-order valence-corrected chi connectivity index (χ3v) is 2.42. The van der Waals surface area contributed by atoms with Crippen molar-refractivity contribution in [2.24, 2.45) is 17.1 Å². The summed E-state index contributed by atoms with van der Waals surface area (Å²) < 4.78 is 0. The number of halogens is 1. The molecule has 0 radical (unpaired) electrons. The third-order valence-electron chi connectivity index (χ3n) is 2.42. The number of hydrogen-bond donors (Lipinski definition) is 2. The third kappa shape index (κ3) is 7.94. The fourth-order valence-electron chi connectivity index (χ4n) is 1.77. The first-order valence-corrected chi connectivity index (χ1v) is 5.79. The van der Waals surface area contributed by atoms with Gasteiger partial charge in [-0.15, -0.1) is 12.4 Å². The normalized spacial score (nSPS) is 13.2. The highest BCUT2D eigenvalue weighted by Crippen LogP contribution is 2.25. The number of rotatable bonds is 6. The van der Waals surface area contributed by atoms with Gasteiger partial charge in [-0.2, -0.15) is 0 Å². The molecule has 0 rings (SSSR count). The number of hydrogen-bond acceptors (Lipinski definition) is 2. The van der Waals surface area contributed by atoms with Gasteiger partial charge in [-0.3, -0.25) is 4.79 Å². The van der Waals surface area contributed by atoms with E-state index < -0.39 is 0 Å². The van der Waals surface area contributed by atoms with Gasteiger partial charge in [-0.05, 0) is 25.7 Å². The summed E-state index contributed by atoms with van der Waals surface area (Å²) in [6.07, 6.45) is 1.75. The minimum absolute atomic E-state index is 0. The summed E-state index contributed by atoms with van der Waals surface area (Å²) in [5.74, 6) is 0.677. The molecule has 0 saturated heterocycles. The fraction of sp³-hybridized carbons (Fsp3) is 0.917. The summed E-state index contributed by atoms with van der Waals surface area (Å²) in [6, 6.07) is 0.151. The van der Waals surface area contributed by atoms with E-state index in [2.05, 4.69) is 19.2 Å². The molecule has 0 aromatic heterocycles. The zero-order valence-corrected chi connectivity index (χ0v) is 12.0. The van der Waals surface area contributed by atoms with Crippen molar-refractivity contribution in [2.75, 3.05) is 6.54 Å². The molecule has 0 aromatic carbocycles. The number of nitrogens with one attached hydrogen (secondary N) is 1. The Balaban J connectivity index is 0. The van der Waals surface area contributed by atoms with Crippen molar-refractivity contribution in [3.05, 3.63) is 0 Å². The van der Waals surface area contributed by atoms with E-state index in [0.29, 0.717) is 12.5 Å². The van der Waals surface area contributed by atoms with Crippen LogP contribution in [0.3, 0.4) is 0 Å². The maximum atomic E-state index is 11.8. The van der Waals surface area contributed by atoms with Gasteiger partial charge in [0, 0.05) is 18.0 Å². The van der Waals surface area contributed by atoms with Crippen LogP contribution in [-0.2, 0) is 4.79 Å².